The average Bonchev–Trinajstić information content (AvgIpc) is 2.86. The fraction of sp³-hybridized carbons (Fsp3) is 0.429. The van der Waals surface area contributed by atoms with Crippen molar-refractivity contribution in [2.75, 3.05) is 6.54 Å². The number of hydrogen-bond donors (Lipinski definition) is 1. The van der Waals surface area contributed by atoms with Gasteiger partial charge in [0, 0.05) is 25.0 Å². The number of rotatable bonds is 4. The van der Waals surface area contributed by atoms with Crippen molar-refractivity contribution in [3.63, 3.8) is 0 Å². The summed E-state index contributed by atoms with van der Waals surface area (Å²) >= 11 is 0. The van der Waals surface area contributed by atoms with E-state index in [9.17, 15) is 39.9 Å². The standard InChI is InChI=1S/C14H12F8N6O/c1-6-26-28-10(29)8(9(13(17,18)19)25-11(28)27(6)2)7(3-23)4-24-5-12(15,16)14(20,21)22/h3-4H,5,23H2,1-2H3. The number of aromatic nitrogens is 4. The molecular weight excluding hydrogens is 420 g/mol. The Balaban J connectivity index is 2.65. The second-order valence-electron chi connectivity index (χ2n) is 5.75. The lowest BCUT2D eigenvalue weighted by molar-refractivity contribution is -0.276. The van der Waals surface area contributed by atoms with E-state index in [4.69, 9.17) is 5.73 Å². The van der Waals surface area contributed by atoms with E-state index in [1.165, 1.54) is 14.0 Å². The smallest absolute Gasteiger partial charge is 0.404 e. The van der Waals surface area contributed by atoms with Crippen molar-refractivity contribution in [2.45, 2.75) is 25.2 Å². The zero-order chi connectivity index (χ0) is 22.4. The van der Waals surface area contributed by atoms with Crippen LogP contribution in [0.15, 0.2) is 16.0 Å². The SMILES string of the molecule is Cc1nn2c(=O)c(C(C=NCC(F)(F)C(F)(F)F)=CN)c(C(F)(F)F)nc2n1C. The van der Waals surface area contributed by atoms with Crippen LogP contribution in [0.25, 0.3) is 11.4 Å². The van der Waals surface area contributed by atoms with Crippen molar-refractivity contribution in [2.24, 2.45) is 17.8 Å². The van der Waals surface area contributed by atoms with E-state index in [1.54, 1.807) is 0 Å². The highest BCUT2D eigenvalue weighted by molar-refractivity contribution is 6.10. The van der Waals surface area contributed by atoms with Crippen LogP contribution in [-0.4, -0.2) is 44.0 Å². The van der Waals surface area contributed by atoms with E-state index >= 15 is 0 Å². The minimum Gasteiger partial charge on any atom is -0.404 e. The Bertz CT molecular complexity index is 1040. The van der Waals surface area contributed by atoms with Crippen LogP contribution in [0.5, 0.6) is 0 Å². The first kappa shape index (κ1) is 22.3. The summed E-state index contributed by atoms with van der Waals surface area (Å²) in [4.78, 5) is 18.7. The third-order valence-corrected chi connectivity index (χ3v) is 3.75. The molecule has 160 valence electrons. The number of alkyl halides is 8. The van der Waals surface area contributed by atoms with Crippen molar-refractivity contribution in [3.8, 4) is 0 Å². The molecule has 0 radical (unpaired) electrons. The first-order chi connectivity index (χ1) is 13.1. The van der Waals surface area contributed by atoms with Gasteiger partial charge in [-0.05, 0) is 6.92 Å². The van der Waals surface area contributed by atoms with Crippen molar-refractivity contribution < 1.29 is 35.1 Å². The van der Waals surface area contributed by atoms with E-state index in [1.807, 2.05) is 0 Å². The number of nitrogens with two attached hydrogens (primary N) is 1. The van der Waals surface area contributed by atoms with Crippen LogP contribution in [0.4, 0.5) is 35.1 Å². The fourth-order valence-electron chi connectivity index (χ4n) is 2.17. The third-order valence-electron chi connectivity index (χ3n) is 3.75. The van der Waals surface area contributed by atoms with E-state index < -0.39 is 53.0 Å². The molecule has 0 aromatic carbocycles. The van der Waals surface area contributed by atoms with E-state index in [-0.39, 0.29) is 12.0 Å². The molecule has 29 heavy (non-hydrogen) atoms. The zero-order valence-corrected chi connectivity index (χ0v) is 14.6. The molecule has 0 atom stereocenters. The number of allylic oxidation sites excluding steroid dienone is 1. The number of aryl methyl sites for hydroxylation is 2. The van der Waals surface area contributed by atoms with Gasteiger partial charge in [-0.1, -0.05) is 0 Å². The number of fused-ring (bicyclic) bond motifs is 1. The average molecular weight is 432 g/mol. The van der Waals surface area contributed by atoms with Crippen molar-refractivity contribution in [1.29, 1.82) is 0 Å². The summed E-state index contributed by atoms with van der Waals surface area (Å²) in [7, 11) is 1.30. The summed E-state index contributed by atoms with van der Waals surface area (Å²) in [6.07, 6.45) is -10.5. The number of halogens is 8. The molecule has 0 fully saturated rings. The first-order valence-corrected chi connectivity index (χ1v) is 7.52. The Morgan fingerprint density at radius 2 is 1.76 bits per heavy atom. The third kappa shape index (κ3) is 4.07. The van der Waals surface area contributed by atoms with Gasteiger partial charge in [-0.3, -0.25) is 9.79 Å². The molecule has 0 spiro atoms. The van der Waals surface area contributed by atoms with Crippen molar-refractivity contribution in [3.05, 3.63) is 33.6 Å². The highest BCUT2D eigenvalue weighted by Gasteiger charge is 2.57. The van der Waals surface area contributed by atoms with E-state index in [0.717, 1.165) is 4.57 Å². The second kappa shape index (κ2) is 7.11. The molecule has 0 aliphatic carbocycles. The second-order valence-corrected chi connectivity index (χ2v) is 5.75. The minimum atomic E-state index is -5.92. The summed E-state index contributed by atoms with van der Waals surface area (Å²) in [5, 5.41) is 3.72. The van der Waals surface area contributed by atoms with Crippen LogP contribution in [0.3, 0.4) is 0 Å². The van der Waals surface area contributed by atoms with Crippen molar-refractivity contribution in [1.82, 2.24) is 19.2 Å². The molecule has 0 saturated carbocycles. The van der Waals surface area contributed by atoms with Gasteiger partial charge >= 0.3 is 18.3 Å². The van der Waals surface area contributed by atoms with Crippen LogP contribution >= 0.6 is 0 Å². The Morgan fingerprint density at radius 3 is 2.24 bits per heavy atom. The van der Waals surface area contributed by atoms with E-state index in [2.05, 4.69) is 15.1 Å². The quantitative estimate of drug-likeness (QED) is 0.593. The highest BCUT2D eigenvalue weighted by Crippen LogP contribution is 2.36. The summed E-state index contributed by atoms with van der Waals surface area (Å²) in [5.74, 6) is -5.58. The van der Waals surface area contributed by atoms with Gasteiger partial charge in [0.2, 0.25) is 5.78 Å². The Labute approximate surface area is 156 Å². The zero-order valence-electron chi connectivity index (χ0n) is 14.6. The Kier molecular flexibility index (Phi) is 5.47. The molecule has 2 aromatic rings. The lowest BCUT2D eigenvalue weighted by atomic mass is 10.1. The van der Waals surface area contributed by atoms with Crippen LogP contribution in [0.2, 0.25) is 0 Å². The number of aliphatic imine (C=N–C) groups is 1. The van der Waals surface area contributed by atoms with Gasteiger partial charge in [-0.15, -0.1) is 5.10 Å². The van der Waals surface area contributed by atoms with Gasteiger partial charge in [-0.25, -0.2) is 4.98 Å². The molecule has 15 heteroatoms. The van der Waals surface area contributed by atoms with Crippen LogP contribution in [0, 0.1) is 6.92 Å². The molecule has 0 saturated heterocycles. The molecule has 0 bridgehead atoms. The maximum atomic E-state index is 13.4. The molecule has 2 aromatic heterocycles. The van der Waals surface area contributed by atoms with E-state index in [0.29, 0.717) is 10.7 Å². The van der Waals surface area contributed by atoms with Gasteiger partial charge in [0.1, 0.15) is 12.4 Å². The summed E-state index contributed by atoms with van der Waals surface area (Å²) < 4.78 is 104. The number of nitrogens with zero attached hydrogens (tertiary/aromatic N) is 5. The van der Waals surface area contributed by atoms with Crippen LogP contribution in [-0.2, 0) is 13.2 Å². The lowest BCUT2D eigenvalue weighted by Crippen LogP contribution is -2.39. The summed E-state index contributed by atoms with van der Waals surface area (Å²) in [6.45, 7) is -0.740. The first-order valence-electron chi connectivity index (χ1n) is 7.52. The maximum absolute atomic E-state index is 13.4. The number of hydrogen-bond acceptors (Lipinski definition) is 5. The normalized spacial score (nSPS) is 14.3. The fourth-order valence-corrected chi connectivity index (χ4v) is 2.17. The molecule has 0 aliphatic rings. The van der Waals surface area contributed by atoms with Crippen molar-refractivity contribution >= 4 is 17.6 Å². The minimum absolute atomic E-state index is 0.122. The van der Waals surface area contributed by atoms with Gasteiger partial charge in [-0.2, -0.15) is 39.6 Å². The molecule has 2 heterocycles. The molecule has 0 amide bonds. The Hall–Kier alpha value is -3.00. The predicted octanol–water partition coefficient (Wildman–Crippen LogP) is 2.32. The largest absolute Gasteiger partial charge is 0.455 e. The molecular formula is C14H12F8N6O. The molecule has 0 unspecified atom stereocenters. The molecule has 0 aliphatic heterocycles. The van der Waals surface area contributed by atoms with Gasteiger partial charge in [0.25, 0.3) is 5.56 Å². The Morgan fingerprint density at radius 1 is 1.17 bits per heavy atom. The summed E-state index contributed by atoms with van der Waals surface area (Å²) in [5.41, 5.74) is 0.0235. The monoisotopic (exact) mass is 432 g/mol. The maximum Gasteiger partial charge on any atom is 0.455 e. The lowest BCUT2D eigenvalue weighted by Gasteiger charge is -2.17. The molecule has 2 rings (SSSR count). The van der Waals surface area contributed by atoms with Gasteiger partial charge in [0.15, 0.2) is 5.69 Å². The molecule has 7 nitrogen and oxygen atoms in total. The van der Waals surface area contributed by atoms with Crippen LogP contribution in [0.1, 0.15) is 17.1 Å². The van der Waals surface area contributed by atoms with Crippen LogP contribution < -0.4 is 11.3 Å². The van der Waals surface area contributed by atoms with Gasteiger partial charge < -0.3 is 10.3 Å². The predicted molar refractivity (Wildman–Crippen MR) is 84.5 cm³/mol. The molecule has 2 N–H and O–H groups in total. The van der Waals surface area contributed by atoms with Gasteiger partial charge in [0.05, 0.1) is 5.56 Å². The topological polar surface area (TPSA) is 90.6 Å². The highest BCUT2D eigenvalue weighted by atomic mass is 19.4. The summed E-state index contributed by atoms with van der Waals surface area (Å²) in [6, 6.07) is 0.